The molecule has 2 fully saturated rings. The number of nitrogens with zero attached hydrogens (tertiary/aromatic N) is 2. The number of hydrogen-bond donors (Lipinski definition) is 1. The van der Waals surface area contributed by atoms with Crippen molar-refractivity contribution in [2.75, 3.05) is 19.6 Å². The predicted molar refractivity (Wildman–Crippen MR) is 115 cm³/mol. The highest BCUT2D eigenvalue weighted by molar-refractivity contribution is 5.85. The van der Waals surface area contributed by atoms with E-state index in [-0.39, 0.29) is 18.2 Å². The summed E-state index contributed by atoms with van der Waals surface area (Å²) in [6.45, 7) is 4.34. The zero-order valence-electron chi connectivity index (χ0n) is 17.1. The molecule has 0 bridgehead atoms. The lowest BCUT2D eigenvalue weighted by Gasteiger charge is -2.45. The predicted octanol–water partition coefficient (Wildman–Crippen LogP) is 3.99. The van der Waals surface area contributed by atoms with Crippen molar-refractivity contribution < 1.29 is 19.0 Å². The molecule has 5 nitrogen and oxygen atoms in total. The first-order chi connectivity index (χ1) is 13.9. The average Bonchev–Trinajstić information content (AvgIpc) is 2.90. The lowest BCUT2D eigenvalue weighted by Crippen LogP contribution is -2.60. The van der Waals surface area contributed by atoms with Crippen molar-refractivity contribution >= 4 is 18.5 Å². The summed E-state index contributed by atoms with van der Waals surface area (Å²) in [7, 11) is 0. The van der Waals surface area contributed by atoms with Crippen LogP contribution in [0.2, 0.25) is 0 Å². The summed E-state index contributed by atoms with van der Waals surface area (Å²) in [6, 6.07) is 16.2. The van der Waals surface area contributed by atoms with Crippen molar-refractivity contribution in [3.05, 3.63) is 71.5 Å². The molecule has 162 valence electrons. The third kappa shape index (κ3) is 4.31. The smallest absolute Gasteiger partial charge is 0.413 e. The highest BCUT2D eigenvalue weighted by Gasteiger charge is 2.62. The van der Waals surface area contributed by atoms with Crippen LogP contribution in [0.1, 0.15) is 30.9 Å². The first kappa shape index (κ1) is 22.5. The molecule has 30 heavy (non-hydrogen) atoms. The molecular weight excluding hydrogens is 407 g/mol. The van der Waals surface area contributed by atoms with E-state index in [4.69, 9.17) is 4.74 Å². The van der Waals surface area contributed by atoms with Gasteiger partial charge in [0, 0.05) is 32.5 Å². The second kappa shape index (κ2) is 8.92. The van der Waals surface area contributed by atoms with Gasteiger partial charge in [0.1, 0.15) is 5.82 Å². The van der Waals surface area contributed by atoms with Crippen molar-refractivity contribution in [1.82, 2.24) is 9.80 Å². The van der Waals surface area contributed by atoms with E-state index in [2.05, 4.69) is 4.90 Å². The maximum Gasteiger partial charge on any atom is 0.413 e. The number of carbonyl (C=O) groups excluding carboxylic acids is 1. The lowest BCUT2D eigenvalue weighted by atomic mass is 9.82. The third-order valence-electron chi connectivity index (χ3n) is 6.37. The second-order valence-electron chi connectivity index (χ2n) is 8.17. The van der Waals surface area contributed by atoms with Crippen LogP contribution < -0.4 is 0 Å². The maximum atomic E-state index is 13.0. The number of halogens is 2. The van der Waals surface area contributed by atoms with E-state index in [1.807, 2.05) is 42.5 Å². The normalized spacial score (nSPS) is 23.3. The van der Waals surface area contributed by atoms with Gasteiger partial charge in [0.25, 0.3) is 0 Å². The number of carbonyl (C=O) groups is 1. The number of hydrogen-bond acceptors (Lipinski definition) is 4. The fourth-order valence-electron chi connectivity index (χ4n) is 4.38. The Bertz CT molecular complexity index is 853. The van der Waals surface area contributed by atoms with Crippen LogP contribution in [0.15, 0.2) is 54.6 Å². The van der Waals surface area contributed by atoms with E-state index in [0.29, 0.717) is 19.4 Å². The minimum Gasteiger partial charge on any atom is -0.437 e. The largest absolute Gasteiger partial charge is 0.437 e. The van der Waals surface area contributed by atoms with Gasteiger partial charge in [-0.1, -0.05) is 42.5 Å². The Kier molecular flexibility index (Phi) is 6.70. The van der Waals surface area contributed by atoms with Crippen LogP contribution in [0.25, 0.3) is 0 Å². The molecule has 2 heterocycles. The number of benzene rings is 2. The molecule has 0 saturated carbocycles. The van der Waals surface area contributed by atoms with E-state index in [1.54, 1.807) is 6.92 Å². The Hall–Kier alpha value is -2.15. The second-order valence-corrected chi connectivity index (χ2v) is 8.17. The fraction of sp³-hybridized carbons (Fsp3) is 0.435. The van der Waals surface area contributed by atoms with Crippen molar-refractivity contribution in [1.29, 1.82) is 0 Å². The van der Waals surface area contributed by atoms with E-state index in [0.717, 1.165) is 37.2 Å². The molecule has 0 aliphatic carbocycles. The molecule has 2 aliphatic heterocycles. The standard InChI is InChI=1S/C23H27FN2O3.ClH/c1-22(28)23(29-21(27)26(22)17-19-5-3-2-4-6-19)12-15-25(16-13-23)14-11-18-7-9-20(24)10-8-18;/h2-10,28H,11-17H2,1H3;1H. The molecule has 1 N–H and O–H groups in total. The van der Waals surface area contributed by atoms with Gasteiger partial charge >= 0.3 is 6.09 Å². The molecule has 2 aromatic rings. The van der Waals surface area contributed by atoms with E-state index in [9.17, 15) is 14.3 Å². The van der Waals surface area contributed by atoms with Gasteiger partial charge in [-0.15, -0.1) is 12.4 Å². The summed E-state index contributed by atoms with van der Waals surface area (Å²) in [5.74, 6) is -0.223. The topological polar surface area (TPSA) is 53.0 Å². The van der Waals surface area contributed by atoms with Crippen LogP contribution in [-0.2, 0) is 17.7 Å². The number of amides is 1. The molecule has 2 saturated heterocycles. The van der Waals surface area contributed by atoms with Crippen molar-refractivity contribution in [3.8, 4) is 0 Å². The first-order valence-electron chi connectivity index (χ1n) is 10.1. The molecule has 1 amide bonds. The van der Waals surface area contributed by atoms with E-state index in [1.165, 1.54) is 17.0 Å². The van der Waals surface area contributed by atoms with Crippen LogP contribution in [-0.4, -0.2) is 52.0 Å². The summed E-state index contributed by atoms with van der Waals surface area (Å²) in [5, 5.41) is 11.3. The van der Waals surface area contributed by atoms with Crippen molar-refractivity contribution in [2.45, 2.75) is 44.1 Å². The minimum atomic E-state index is -1.36. The summed E-state index contributed by atoms with van der Waals surface area (Å²) >= 11 is 0. The molecule has 2 aromatic carbocycles. The Labute approximate surface area is 182 Å². The highest BCUT2D eigenvalue weighted by Crippen LogP contribution is 2.45. The molecular formula is C23H28ClFN2O3. The van der Waals surface area contributed by atoms with Crippen molar-refractivity contribution in [2.24, 2.45) is 0 Å². The zero-order chi connectivity index (χ0) is 20.5. The van der Waals surface area contributed by atoms with Gasteiger partial charge in [-0.2, -0.15) is 0 Å². The molecule has 0 radical (unpaired) electrons. The maximum absolute atomic E-state index is 13.0. The lowest BCUT2D eigenvalue weighted by molar-refractivity contribution is -0.166. The Balaban J connectivity index is 0.00000256. The molecule has 1 unspecified atom stereocenters. The highest BCUT2D eigenvalue weighted by atomic mass is 35.5. The Morgan fingerprint density at radius 2 is 1.67 bits per heavy atom. The SMILES string of the molecule is CC1(O)N(Cc2ccccc2)C(=O)OC12CCN(CCc1ccc(F)cc1)CC2.Cl. The number of ether oxygens (including phenoxy) is 1. The Morgan fingerprint density at radius 3 is 2.30 bits per heavy atom. The first-order valence-corrected chi connectivity index (χ1v) is 10.1. The van der Waals surface area contributed by atoms with Gasteiger partial charge in [-0.25, -0.2) is 9.18 Å². The molecule has 1 spiro atoms. The fourth-order valence-corrected chi connectivity index (χ4v) is 4.38. The van der Waals surface area contributed by atoms with Gasteiger partial charge in [0.2, 0.25) is 0 Å². The van der Waals surface area contributed by atoms with Crippen LogP contribution in [0.3, 0.4) is 0 Å². The minimum absolute atomic E-state index is 0. The van der Waals surface area contributed by atoms with Gasteiger partial charge in [-0.05, 0) is 36.6 Å². The monoisotopic (exact) mass is 434 g/mol. The zero-order valence-corrected chi connectivity index (χ0v) is 17.9. The summed E-state index contributed by atoms with van der Waals surface area (Å²) in [6.07, 6.45) is 1.54. The molecule has 4 rings (SSSR count). The third-order valence-corrected chi connectivity index (χ3v) is 6.37. The van der Waals surface area contributed by atoms with E-state index >= 15 is 0 Å². The molecule has 0 aromatic heterocycles. The molecule has 1 atom stereocenters. The summed E-state index contributed by atoms with van der Waals surface area (Å²) < 4.78 is 18.8. The number of rotatable bonds is 5. The van der Waals surface area contributed by atoms with Crippen LogP contribution in [0.4, 0.5) is 9.18 Å². The van der Waals surface area contributed by atoms with Gasteiger partial charge in [-0.3, -0.25) is 4.90 Å². The number of likely N-dealkylation sites (tertiary alicyclic amines) is 1. The van der Waals surface area contributed by atoms with Gasteiger partial charge < -0.3 is 14.7 Å². The number of aliphatic hydroxyl groups is 1. The Morgan fingerprint density at radius 1 is 1.03 bits per heavy atom. The van der Waals surface area contributed by atoms with Crippen LogP contribution in [0.5, 0.6) is 0 Å². The quantitative estimate of drug-likeness (QED) is 0.773. The number of piperidine rings is 1. The van der Waals surface area contributed by atoms with Gasteiger partial charge in [0.15, 0.2) is 11.3 Å². The summed E-state index contributed by atoms with van der Waals surface area (Å²) in [5.41, 5.74) is -0.188. The average molecular weight is 435 g/mol. The molecule has 7 heteroatoms. The van der Waals surface area contributed by atoms with E-state index < -0.39 is 17.4 Å². The summed E-state index contributed by atoms with van der Waals surface area (Å²) in [4.78, 5) is 16.3. The van der Waals surface area contributed by atoms with Crippen LogP contribution >= 0.6 is 12.4 Å². The molecule has 2 aliphatic rings. The van der Waals surface area contributed by atoms with Gasteiger partial charge in [0.05, 0.1) is 6.54 Å². The van der Waals surface area contributed by atoms with Crippen molar-refractivity contribution in [3.63, 3.8) is 0 Å². The van der Waals surface area contributed by atoms with Crippen LogP contribution in [0, 0.1) is 5.82 Å².